The van der Waals surface area contributed by atoms with Gasteiger partial charge < -0.3 is 10.1 Å². The van der Waals surface area contributed by atoms with Gasteiger partial charge in [-0.15, -0.1) is 0 Å². The number of aliphatic imine (C=N–C) groups is 1. The molecule has 2 unspecified atom stereocenters. The minimum atomic E-state index is -0.544. The third kappa shape index (κ3) is 2.43. The molecule has 1 aromatic rings. The van der Waals surface area contributed by atoms with Crippen LogP contribution >= 0.6 is 11.3 Å². The Kier molecular flexibility index (Phi) is 3.76. The van der Waals surface area contributed by atoms with Crippen LogP contribution in [0.25, 0.3) is 0 Å². The molecule has 18 heavy (non-hydrogen) atoms. The van der Waals surface area contributed by atoms with Gasteiger partial charge in [-0.2, -0.15) is 11.3 Å². The van der Waals surface area contributed by atoms with Crippen LogP contribution in [0.5, 0.6) is 0 Å². The summed E-state index contributed by atoms with van der Waals surface area (Å²) >= 11 is 1.52. The number of urea groups is 1. The number of rotatable bonds is 3. The number of amides is 2. The number of carbonyl (C=O) groups is 2. The molecule has 2 rings (SSSR count). The predicted octanol–water partition coefficient (Wildman–Crippen LogP) is 2.15. The zero-order valence-electron chi connectivity index (χ0n) is 10.2. The van der Waals surface area contributed by atoms with E-state index in [1.807, 2.05) is 16.8 Å². The van der Waals surface area contributed by atoms with Crippen LogP contribution in [-0.2, 0) is 9.53 Å². The van der Waals surface area contributed by atoms with E-state index in [0.29, 0.717) is 12.3 Å². The number of thiophene rings is 1. The second kappa shape index (κ2) is 5.30. The summed E-state index contributed by atoms with van der Waals surface area (Å²) in [6.45, 7) is 3.75. The van der Waals surface area contributed by atoms with Crippen molar-refractivity contribution in [1.29, 1.82) is 0 Å². The van der Waals surface area contributed by atoms with Crippen molar-refractivity contribution >= 4 is 29.0 Å². The van der Waals surface area contributed by atoms with E-state index < -0.39 is 11.9 Å². The van der Waals surface area contributed by atoms with Crippen LogP contribution in [0, 0.1) is 5.92 Å². The lowest BCUT2D eigenvalue weighted by Gasteiger charge is -2.28. The number of esters is 1. The van der Waals surface area contributed by atoms with Gasteiger partial charge in [-0.05, 0) is 36.2 Å². The Balaban J connectivity index is 2.33. The monoisotopic (exact) mass is 266 g/mol. The molecule has 0 spiro atoms. The molecule has 2 atom stereocenters. The molecule has 0 aliphatic carbocycles. The fourth-order valence-corrected chi connectivity index (χ4v) is 2.68. The first-order chi connectivity index (χ1) is 8.63. The Morgan fingerprint density at radius 1 is 1.61 bits per heavy atom. The molecular weight excluding hydrogens is 252 g/mol. The lowest BCUT2D eigenvalue weighted by atomic mass is 9.90. The van der Waals surface area contributed by atoms with Crippen molar-refractivity contribution in [2.75, 3.05) is 6.61 Å². The summed E-state index contributed by atoms with van der Waals surface area (Å²) in [4.78, 5) is 27.2. The first kappa shape index (κ1) is 12.8. The molecule has 1 aliphatic heterocycles. The molecule has 0 bridgehead atoms. The standard InChI is InChI=1S/C12H14N2O3S/c1-3-17-11(15)9-7(2)13-12(16)14-10(9)8-4-5-18-6-8/h4-6,9-10H,3H2,1-2H3,(H,14,16). The summed E-state index contributed by atoms with van der Waals surface area (Å²) in [5, 5.41) is 6.54. The average Bonchev–Trinajstić information content (AvgIpc) is 2.81. The lowest BCUT2D eigenvalue weighted by Crippen LogP contribution is -2.44. The first-order valence-corrected chi connectivity index (χ1v) is 6.62. The third-order valence-electron chi connectivity index (χ3n) is 2.78. The number of carbonyl (C=O) groups excluding carboxylic acids is 2. The van der Waals surface area contributed by atoms with Crippen molar-refractivity contribution in [3.8, 4) is 0 Å². The van der Waals surface area contributed by atoms with Crippen LogP contribution in [0.15, 0.2) is 21.8 Å². The highest BCUT2D eigenvalue weighted by atomic mass is 32.1. The Morgan fingerprint density at radius 2 is 2.39 bits per heavy atom. The summed E-state index contributed by atoms with van der Waals surface area (Å²) in [6.07, 6.45) is 0. The maximum atomic E-state index is 12.0. The van der Waals surface area contributed by atoms with Crippen molar-refractivity contribution in [3.05, 3.63) is 22.4 Å². The van der Waals surface area contributed by atoms with Gasteiger partial charge in [0, 0.05) is 5.71 Å². The van der Waals surface area contributed by atoms with Gasteiger partial charge in [0.15, 0.2) is 0 Å². The Labute approximate surface area is 109 Å². The fourth-order valence-electron chi connectivity index (χ4n) is 1.99. The first-order valence-electron chi connectivity index (χ1n) is 5.68. The largest absolute Gasteiger partial charge is 0.465 e. The Morgan fingerprint density at radius 3 is 3.00 bits per heavy atom. The number of hydrogen-bond acceptors (Lipinski definition) is 4. The molecule has 5 nitrogen and oxygen atoms in total. The van der Waals surface area contributed by atoms with Gasteiger partial charge >= 0.3 is 12.0 Å². The maximum Gasteiger partial charge on any atom is 0.341 e. The molecule has 0 fully saturated rings. The minimum Gasteiger partial charge on any atom is -0.465 e. The maximum absolute atomic E-state index is 12.0. The van der Waals surface area contributed by atoms with Gasteiger partial charge in [0.05, 0.1) is 12.6 Å². The fraction of sp³-hybridized carbons (Fsp3) is 0.417. The highest BCUT2D eigenvalue weighted by molar-refractivity contribution is 7.08. The minimum absolute atomic E-state index is 0.312. The van der Waals surface area contributed by atoms with Crippen LogP contribution in [0.1, 0.15) is 25.5 Å². The van der Waals surface area contributed by atoms with Crippen LogP contribution in [0.4, 0.5) is 4.79 Å². The van der Waals surface area contributed by atoms with Crippen LogP contribution in [0.2, 0.25) is 0 Å². The van der Waals surface area contributed by atoms with Gasteiger partial charge in [0.2, 0.25) is 0 Å². The topological polar surface area (TPSA) is 67.8 Å². The van der Waals surface area contributed by atoms with Crippen molar-refractivity contribution < 1.29 is 14.3 Å². The van der Waals surface area contributed by atoms with E-state index >= 15 is 0 Å². The van der Waals surface area contributed by atoms with Crippen LogP contribution in [-0.4, -0.2) is 24.3 Å². The number of ether oxygens (including phenoxy) is 1. The summed E-state index contributed by atoms with van der Waals surface area (Å²) in [6, 6.07) is 1.09. The van der Waals surface area contributed by atoms with Crippen molar-refractivity contribution in [2.45, 2.75) is 19.9 Å². The molecule has 0 saturated carbocycles. The van der Waals surface area contributed by atoms with Gasteiger partial charge in [-0.25, -0.2) is 9.79 Å². The summed E-state index contributed by atoms with van der Waals surface area (Å²) in [7, 11) is 0. The van der Waals surface area contributed by atoms with E-state index in [9.17, 15) is 9.59 Å². The summed E-state index contributed by atoms with van der Waals surface area (Å²) in [5.74, 6) is -0.896. The number of nitrogens with one attached hydrogen (secondary N) is 1. The summed E-state index contributed by atoms with van der Waals surface area (Å²) < 4.78 is 5.05. The van der Waals surface area contributed by atoms with Crippen molar-refractivity contribution in [3.63, 3.8) is 0 Å². The molecule has 1 N–H and O–H groups in total. The predicted molar refractivity (Wildman–Crippen MR) is 68.8 cm³/mol. The molecule has 2 amide bonds. The van der Waals surface area contributed by atoms with Gasteiger partial charge in [0.25, 0.3) is 0 Å². The second-order valence-electron chi connectivity index (χ2n) is 3.97. The Hall–Kier alpha value is -1.69. The highest BCUT2D eigenvalue weighted by Crippen LogP contribution is 2.29. The molecule has 0 saturated heterocycles. The number of nitrogens with zero attached hydrogens (tertiary/aromatic N) is 1. The third-order valence-corrected chi connectivity index (χ3v) is 3.48. The van der Waals surface area contributed by atoms with E-state index in [-0.39, 0.29) is 12.0 Å². The normalized spacial score (nSPS) is 23.2. The molecule has 1 aliphatic rings. The molecule has 6 heteroatoms. The van der Waals surface area contributed by atoms with Gasteiger partial charge in [-0.1, -0.05) is 0 Å². The lowest BCUT2D eigenvalue weighted by molar-refractivity contribution is -0.146. The van der Waals surface area contributed by atoms with Crippen molar-refractivity contribution in [1.82, 2.24) is 5.32 Å². The van der Waals surface area contributed by atoms with Crippen LogP contribution < -0.4 is 5.32 Å². The molecule has 0 aromatic carbocycles. The van der Waals surface area contributed by atoms with E-state index in [1.54, 1.807) is 13.8 Å². The second-order valence-corrected chi connectivity index (χ2v) is 4.75. The smallest absolute Gasteiger partial charge is 0.341 e. The highest BCUT2D eigenvalue weighted by Gasteiger charge is 2.37. The van der Waals surface area contributed by atoms with E-state index in [4.69, 9.17) is 4.74 Å². The average molecular weight is 266 g/mol. The summed E-state index contributed by atoms with van der Waals surface area (Å²) in [5.41, 5.74) is 1.40. The van der Waals surface area contributed by atoms with Gasteiger partial charge in [-0.3, -0.25) is 4.79 Å². The molecule has 2 heterocycles. The molecular formula is C12H14N2O3S. The van der Waals surface area contributed by atoms with E-state index in [0.717, 1.165) is 5.56 Å². The molecule has 0 radical (unpaired) electrons. The van der Waals surface area contributed by atoms with Gasteiger partial charge in [0.1, 0.15) is 5.92 Å². The quantitative estimate of drug-likeness (QED) is 0.852. The van der Waals surface area contributed by atoms with Crippen LogP contribution in [0.3, 0.4) is 0 Å². The zero-order chi connectivity index (χ0) is 13.1. The molecule has 96 valence electrons. The van der Waals surface area contributed by atoms with E-state index in [1.165, 1.54) is 11.3 Å². The number of hydrogen-bond donors (Lipinski definition) is 1. The molecule has 1 aromatic heterocycles. The SMILES string of the molecule is CCOC(=O)C1C(C)=NC(=O)NC1c1ccsc1. The Bertz CT molecular complexity index is 482. The van der Waals surface area contributed by atoms with Crippen molar-refractivity contribution in [2.24, 2.45) is 10.9 Å². The van der Waals surface area contributed by atoms with E-state index in [2.05, 4.69) is 10.3 Å². The zero-order valence-corrected chi connectivity index (χ0v) is 11.0.